The lowest BCUT2D eigenvalue weighted by Gasteiger charge is -2.12. The fraction of sp³-hybridized carbons (Fsp3) is 0.133. The Morgan fingerprint density at radius 1 is 1.19 bits per heavy atom. The van der Waals surface area contributed by atoms with Crippen molar-refractivity contribution in [2.75, 3.05) is 17.7 Å². The lowest BCUT2D eigenvalue weighted by molar-refractivity contribution is 0.0527. The van der Waals surface area contributed by atoms with Crippen LogP contribution in [0, 0.1) is 0 Å². The summed E-state index contributed by atoms with van der Waals surface area (Å²) in [4.78, 5) is 12.0. The Labute approximate surface area is 132 Å². The predicted octanol–water partition coefficient (Wildman–Crippen LogP) is 4.50. The molecule has 0 fully saturated rings. The van der Waals surface area contributed by atoms with Crippen LogP contribution < -0.4 is 11.1 Å². The number of anilines is 3. The summed E-state index contributed by atoms with van der Waals surface area (Å²) in [5, 5.41) is 4.00. The molecule has 0 radical (unpaired) electrons. The number of nitrogens with one attached hydrogen (secondary N) is 1. The van der Waals surface area contributed by atoms with Crippen molar-refractivity contribution >= 4 is 46.2 Å². The molecule has 0 spiro atoms. The predicted molar refractivity (Wildman–Crippen MR) is 86.6 cm³/mol. The molecule has 0 atom stereocenters. The summed E-state index contributed by atoms with van der Waals surface area (Å²) in [5.41, 5.74) is 7.86. The van der Waals surface area contributed by atoms with Crippen LogP contribution in [0.25, 0.3) is 0 Å². The molecule has 0 aliphatic rings. The standard InChI is InChI=1S/C15H14Cl2N2O2/c1-2-21-15(20)11-7-9(18)3-6-14(11)19-10-4-5-12(16)13(17)8-10/h3-8,19H,2,18H2,1H3. The Morgan fingerprint density at radius 2 is 1.95 bits per heavy atom. The summed E-state index contributed by atoms with van der Waals surface area (Å²) in [6.07, 6.45) is 0. The highest BCUT2D eigenvalue weighted by Crippen LogP contribution is 2.29. The van der Waals surface area contributed by atoms with Crippen LogP contribution in [-0.2, 0) is 4.74 Å². The van der Waals surface area contributed by atoms with Gasteiger partial charge in [-0.3, -0.25) is 0 Å². The first-order valence-electron chi connectivity index (χ1n) is 6.30. The zero-order valence-corrected chi connectivity index (χ0v) is 12.8. The van der Waals surface area contributed by atoms with Crippen LogP contribution in [0.15, 0.2) is 36.4 Å². The maximum atomic E-state index is 12.0. The van der Waals surface area contributed by atoms with Crippen LogP contribution in [0.2, 0.25) is 10.0 Å². The van der Waals surface area contributed by atoms with E-state index in [0.717, 1.165) is 0 Å². The van der Waals surface area contributed by atoms with Gasteiger partial charge in [-0.25, -0.2) is 4.79 Å². The summed E-state index contributed by atoms with van der Waals surface area (Å²) in [5.74, 6) is -0.438. The first-order chi connectivity index (χ1) is 10.0. The summed E-state index contributed by atoms with van der Waals surface area (Å²) in [6.45, 7) is 2.04. The van der Waals surface area contributed by atoms with E-state index < -0.39 is 5.97 Å². The molecule has 2 aromatic carbocycles. The van der Waals surface area contributed by atoms with Gasteiger partial charge in [-0.1, -0.05) is 23.2 Å². The Hall–Kier alpha value is -1.91. The Bertz CT molecular complexity index is 675. The molecule has 3 N–H and O–H groups in total. The number of carbonyl (C=O) groups is 1. The van der Waals surface area contributed by atoms with E-state index in [-0.39, 0.29) is 0 Å². The summed E-state index contributed by atoms with van der Waals surface area (Å²) in [6, 6.07) is 10.1. The third-order valence-electron chi connectivity index (χ3n) is 2.74. The quantitative estimate of drug-likeness (QED) is 0.642. The number of rotatable bonds is 4. The molecule has 2 aromatic rings. The van der Waals surface area contributed by atoms with Gasteiger partial charge in [0.25, 0.3) is 0 Å². The third-order valence-corrected chi connectivity index (χ3v) is 3.48. The second-order valence-corrected chi connectivity index (χ2v) is 5.09. The smallest absolute Gasteiger partial charge is 0.340 e. The highest BCUT2D eigenvalue weighted by molar-refractivity contribution is 6.42. The van der Waals surface area contributed by atoms with Crippen molar-refractivity contribution in [2.45, 2.75) is 6.92 Å². The number of nitrogen functional groups attached to an aromatic ring is 1. The fourth-order valence-electron chi connectivity index (χ4n) is 1.78. The lowest BCUT2D eigenvalue weighted by Crippen LogP contribution is -2.08. The molecule has 0 aromatic heterocycles. The van der Waals surface area contributed by atoms with Crippen molar-refractivity contribution in [2.24, 2.45) is 0 Å². The number of esters is 1. The average Bonchev–Trinajstić information content (AvgIpc) is 2.45. The summed E-state index contributed by atoms with van der Waals surface area (Å²) >= 11 is 11.9. The van der Waals surface area contributed by atoms with Gasteiger partial charge in [0, 0.05) is 11.4 Å². The molecule has 0 aliphatic carbocycles. The lowest BCUT2D eigenvalue weighted by atomic mass is 10.1. The van der Waals surface area contributed by atoms with Gasteiger partial charge >= 0.3 is 5.97 Å². The molecule has 0 bridgehead atoms. The molecule has 4 nitrogen and oxygen atoms in total. The molecule has 0 amide bonds. The van der Waals surface area contributed by atoms with E-state index in [4.69, 9.17) is 33.7 Å². The average molecular weight is 325 g/mol. The van der Waals surface area contributed by atoms with Gasteiger partial charge < -0.3 is 15.8 Å². The van der Waals surface area contributed by atoms with E-state index in [0.29, 0.717) is 39.3 Å². The Kier molecular flexibility index (Phi) is 4.94. The maximum absolute atomic E-state index is 12.0. The van der Waals surface area contributed by atoms with Crippen molar-refractivity contribution in [1.82, 2.24) is 0 Å². The Morgan fingerprint density at radius 3 is 2.62 bits per heavy atom. The van der Waals surface area contributed by atoms with Gasteiger partial charge in [0.15, 0.2) is 0 Å². The topological polar surface area (TPSA) is 64.3 Å². The van der Waals surface area contributed by atoms with Crippen LogP contribution >= 0.6 is 23.2 Å². The number of nitrogens with two attached hydrogens (primary N) is 1. The first kappa shape index (κ1) is 15.5. The Balaban J connectivity index is 2.34. The number of ether oxygens (including phenoxy) is 1. The fourth-order valence-corrected chi connectivity index (χ4v) is 2.08. The number of benzene rings is 2. The van der Waals surface area contributed by atoms with Gasteiger partial charge in [0.1, 0.15) is 0 Å². The van der Waals surface area contributed by atoms with Crippen LogP contribution in [0.1, 0.15) is 17.3 Å². The van der Waals surface area contributed by atoms with Crippen molar-refractivity contribution in [1.29, 1.82) is 0 Å². The second-order valence-electron chi connectivity index (χ2n) is 4.28. The zero-order chi connectivity index (χ0) is 15.4. The van der Waals surface area contributed by atoms with Crippen LogP contribution in [0.3, 0.4) is 0 Å². The summed E-state index contributed by atoms with van der Waals surface area (Å²) < 4.78 is 5.02. The highest BCUT2D eigenvalue weighted by atomic mass is 35.5. The van der Waals surface area contributed by atoms with E-state index >= 15 is 0 Å². The van der Waals surface area contributed by atoms with Crippen LogP contribution in [-0.4, -0.2) is 12.6 Å². The zero-order valence-electron chi connectivity index (χ0n) is 11.3. The van der Waals surface area contributed by atoms with Crippen LogP contribution in [0.5, 0.6) is 0 Å². The van der Waals surface area contributed by atoms with E-state index in [9.17, 15) is 4.79 Å². The first-order valence-corrected chi connectivity index (χ1v) is 7.05. The van der Waals surface area contributed by atoms with Gasteiger partial charge in [0.05, 0.1) is 27.9 Å². The minimum Gasteiger partial charge on any atom is -0.462 e. The number of carbonyl (C=O) groups excluding carboxylic acids is 1. The number of hydrogen-bond acceptors (Lipinski definition) is 4. The maximum Gasteiger partial charge on any atom is 0.340 e. The highest BCUT2D eigenvalue weighted by Gasteiger charge is 2.13. The SMILES string of the molecule is CCOC(=O)c1cc(N)ccc1Nc1ccc(Cl)c(Cl)c1. The van der Waals surface area contributed by atoms with Crippen LogP contribution in [0.4, 0.5) is 17.1 Å². The largest absolute Gasteiger partial charge is 0.462 e. The molecular formula is C15H14Cl2N2O2. The second kappa shape index (κ2) is 6.70. The molecule has 0 saturated carbocycles. The van der Waals surface area contributed by atoms with E-state index in [1.165, 1.54) is 0 Å². The third kappa shape index (κ3) is 3.80. The van der Waals surface area contributed by atoms with Crippen molar-refractivity contribution < 1.29 is 9.53 Å². The minimum atomic E-state index is -0.438. The number of hydrogen-bond donors (Lipinski definition) is 2. The molecule has 21 heavy (non-hydrogen) atoms. The molecule has 6 heteroatoms. The van der Waals surface area contributed by atoms with E-state index in [1.54, 1.807) is 43.3 Å². The van der Waals surface area contributed by atoms with Crippen molar-refractivity contribution in [3.05, 3.63) is 52.0 Å². The molecule has 0 unspecified atom stereocenters. The molecule has 0 saturated heterocycles. The van der Waals surface area contributed by atoms with Crippen molar-refractivity contribution in [3.63, 3.8) is 0 Å². The normalized spacial score (nSPS) is 10.2. The van der Waals surface area contributed by atoms with Gasteiger partial charge in [-0.2, -0.15) is 0 Å². The summed E-state index contributed by atoms with van der Waals surface area (Å²) in [7, 11) is 0. The molecule has 2 rings (SSSR count). The van der Waals surface area contributed by atoms with E-state index in [1.807, 2.05) is 0 Å². The molecule has 0 aliphatic heterocycles. The van der Waals surface area contributed by atoms with E-state index in [2.05, 4.69) is 5.32 Å². The monoisotopic (exact) mass is 324 g/mol. The van der Waals surface area contributed by atoms with Gasteiger partial charge in [0.2, 0.25) is 0 Å². The minimum absolute atomic E-state index is 0.292. The van der Waals surface area contributed by atoms with Crippen molar-refractivity contribution in [3.8, 4) is 0 Å². The molecular weight excluding hydrogens is 311 g/mol. The number of halogens is 2. The molecule has 0 heterocycles. The van der Waals surface area contributed by atoms with Gasteiger partial charge in [-0.15, -0.1) is 0 Å². The van der Waals surface area contributed by atoms with Gasteiger partial charge in [-0.05, 0) is 43.3 Å². The molecule has 110 valence electrons.